The van der Waals surface area contributed by atoms with E-state index >= 15 is 0 Å². The summed E-state index contributed by atoms with van der Waals surface area (Å²) in [6, 6.07) is 2.03. The Bertz CT molecular complexity index is 358. The van der Waals surface area contributed by atoms with Gasteiger partial charge in [0.1, 0.15) is 0 Å². The fourth-order valence-corrected chi connectivity index (χ4v) is 4.20. The quantitative estimate of drug-likeness (QED) is 0.479. The van der Waals surface area contributed by atoms with Crippen molar-refractivity contribution in [2.75, 3.05) is 0 Å². The Morgan fingerprint density at radius 2 is 1.50 bits per heavy atom. The second kappa shape index (κ2) is 8.30. The van der Waals surface area contributed by atoms with E-state index in [4.69, 9.17) is 5.26 Å². The minimum absolute atomic E-state index is 0.751. The van der Waals surface area contributed by atoms with E-state index in [9.17, 15) is 0 Å². The Morgan fingerprint density at radius 3 is 2.05 bits per heavy atom. The van der Waals surface area contributed by atoms with E-state index in [1.807, 2.05) is 12.1 Å². The highest BCUT2D eigenvalue weighted by molar-refractivity contribution is 5.12. The van der Waals surface area contributed by atoms with Gasteiger partial charge in [-0.2, -0.15) is 5.26 Å². The first-order chi connectivity index (χ1) is 9.83. The van der Waals surface area contributed by atoms with Crippen LogP contribution in [0.3, 0.4) is 0 Å². The third-order valence-electron chi connectivity index (χ3n) is 5.62. The van der Waals surface area contributed by atoms with Crippen molar-refractivity contribution in [3.63, 3.8) is 0 Å². The van der Waals surface area contributed by atoms with E-state index in [1.165, 1.54) is 57.8 Å². The largest absolute Gasteiger partial charge is 0.193 e. The monoisotopic (exact) mass is 271 g/mol. The van der Waals surface area contributed by atoms with Crippen molar-refractivity contribution in [1.82, 2.24) is 0 Å². The summed E-state index contributed by atoms with van der Waals surface area (Å²) in [5, 5.41) is 8.45. The van der Waals surface area contributed by atoms with Crippen molar-refractivity contribution < 1.29 is 0 Å². The first kappa shape index (κ1) is 15.4. The van der Waals surface area contributed by atoms with Gasteiger partial charge in [0.2, 0.25) is 0 Å². The summed E-state index contributed by atoms with van der Waals surface area (Å²) in [5.74, 6) is 3.81. The van der Waals surface area contributed by atoms with Gasteiger partial charge in [0.05, 0.1) is 6.07 Å². The molecule has 2 aliphatic rings. The molecule has 2 saturated carbocycles. The molecule has 0 aromatic heterocycles. The lowest BCUT2D eigenvalue weighted by molar-refractivity contribution is 0.154. The molecule has 0 amide bonds. The van der Waals surface area contributed by atoms with Gasteiger partial charge in [0.15, 0.2) is 0 Å². The van der Waals surface area contributed by atoms with Crippen molar-refractivity contribution in [2.45, 2.75) is 64.7 Å². The highest BCUT2D eigenvalue weighted by atomic mass is 14.3. The molecule has 0 aromatic rings. The molecule has 0 aliphatic heterocycles. The Hall–Kier alpha value is -1.03. The lowest BCUT2D eigenvalue weighted by Gasteiger charge is -2.37. The number of nitrogens with zero attached hydrogens (tertiary/aromatic N) is 1. The van der Waals surface area contributed by atoms with Gasteiger partial charge in [-0.15, -0.1) is 0 Å². The number of allylic oxidation sites excluding steroid dienone is 4. The molecule has 2 aliphatic carbocycles. The van der Waals surface area contributed by atoms with E-state index in [-0.39, 0.29) is 0 Å². The van der Waals surface area contributed by atoms with E-state index in [0.29, 0.717) is 0 Å². The van der Waals surface area contributed by atoms with Crippen LogP contribution in [0, 0.1) is 35.0 Å². The summed E-state index contributed by atoms with van der Waals surface area (Å²) in [7, 11) is 0. The first-order valence-electron chi connectivity index (χ1n) is 8.56. The fourth-order valence-electron chi connectivity index (χ4n) is 4.20. The van der Waals surface area contributed by atoms with Gasteiger partial charge in [0.25, 0.3) is 0 Å². The van der Waals surface area contributed by atoms with E-state index in [2.05, 4.69) is 19.1 Å². The van der Waals surface area contributed by atoms with Crippen LogP contribution in [0.15, 0.2) is 24.3 Å². The number of nitriles is 1. The zero-order chi connectivity index (χ0) is 14.2. The second-order valence-corrected chi connectivity index (χ2v) is 6.74. The summed E-state index contributed by atoms with van der Waals surface area (Å²) in [4.78, 5) is 0. The maximum absolute atomic E-state index is 8.45. The lowest BCUT2D eigenvalue weighted by atomic mass is 9.69. The molecular weight excluding hydrogens is 242 g/mol. The van der Waals surface area contributed by atoms with Crippen LogP contribution in [0.4, 0.5) is 0 Å². The molecule has 0 heterocycles. The van der Waals surface area contributed by atoms with Gasteiger partial charge >= 0.3 is 0 Å². The molecule has 110 valence electrons. The summed E-state index contributed by atoms with van der Waals surface area (Å²) in [6.07, 6.45) is 20.7. The molecule has 0 bridgehead atoms. The van der Waals surface area contributed by atoms with Crippen LogP contribution in [0.1, 0.15) is 64.7 Å². The van der Waals surface area contributed by atoms with Crippen molar-refractivity contribution >= 4 is 0 Å². The Balaban J connectivity index is 1.71. The fraction of sp³-hybridized carbons (Fsp3) is 0.737. The maximum atomic E-state index is 8.45. The average molecular weight is 271 g/mol. The lowest BCUT2D eigenvalue weighted by Crippen LogP contribution is -2.25. The molecule has 2 fully saturated rings. The Kier molecular flexibility index (Phi) is 6.37. The highest BCUT2D eigenvalue weighted by Gasteiger charge is 2.29. The summed E-state index contributed by atoms with van der Waals surface area (Å²) >= 11 is 0. The standard InChI is InChI=1S/C19H29N/c1-2-16-7-11-18(12-8-16)19-13-9-17(10-14-19)6-4-3-5-15-20/h3-6,16-19H,2,7-14H2,1H3/b5-3+,6-4+. The van der Waals surface area contributed by atoms with Crippen molar-refractivity contribution in [3.05, 3.63) is 24.3 Å². The summed E-state index contributed by atoms with van der Waals surface area (Å²) < 4.78 is 0. The van der Waals surface area contributed by atoms with Gasteiger partial charge in [-0.3, -0.25) is 0 Å². The number of rotatable bonds is 4. The molecule has 0 N–H and O–H groups in total. The van der Waals surface area contributed by atoms with Crippen LogP contribution < -0.4 is 0 Å². The molecule has 20 heavy (non-hydrogen) atoms. The summed E-state index contributed by atoms with van der Waals surface area (Å²) in [6.45, 7) is 2.35. The van der Waals surface area contributed by atoms with Crippen LogP contribution in [0.5, 0.6) is 0 Å². The smallest absolute Gasteiger partial charge is 0.0912 e. The minimum atomic E-state index is 0.751. The van der Waals surface area contributed by atoms with Gasteiger partial charge in [-0.1, -0.05) is 44.4 Å². The SMILES string of the molecule is CCC1CCC(C2CCC(/C=C/C=C/C#N)CC2)CC1. The van der Waals surface area contributed by atoms with Crippen LogP contribution in [-0.2, 0) is 0 Å². The van der Waals surface area contributed by atoms with E-state index < -0.39 is 0 Å². The second-order valence-electron chi connectivity index (χ2n) is 6.74. The third kappa shape index (κ3) is 4.51. The molecule has 0 spiro atoms. The molecule has 0 atom stereocenters. The van der Waals surface area contributed by atoms with E-state index in [0.717, 1.165) is 23.7 Å². The van der Waals surface area contributed by atoms with Crippen LogP contribution in [0.2, 0.25) is 0 Å². The zero-order valence-electron chi connectivity index (χ0n) is 12.9. The zero-order valence-corrected chi connectivity index (χ0v) is 12.9. The molecule has 0 radical (unpaired) electrons. The minimum Gasteiger partial charge on any atom is -0.193 e. The van der Waals surface area contributed by atoms with Gasteiger partial charge < -0.3 is 0 Å². The molecule has 1 nitrogen and oxygen atoms in total. The van der Waals surface area contributed by atoms with Crippen LogP contribution in [0.25, 0.3) is 0 Å². The predicted molar refractivity (Wildman–Crippen MR) is 85.1 cm³/mol. The van der Waals surface area contributed by atoms with Gasteiger partial charge in [0, 0.05) is 6.08 Å². The van der Waals surface area contributed by atoms with Crippen LogP contribution >= 0.6 is 0 Å². The Labute approximate surface area is 124 Å². The van der Waals surface area contributed by atoms with E-state index in [1.54, 1.807) is 6.08 Å². The summed E-state index contributed by atoms with van der Waals surface area (Å²) in [5.41, 5.74) is 0. The number of hydrogen-bond acceptors (Lipinski definition) is 1. The molecule has 0 unspecified atom stereocenters. The van der Waals surface area contributed by atoms with Crippen LogP contribution in [-0.4, -0.2) is 0 Å². The molecule has 2 rings (SSSR count). The molecule has 0 saturated heterocycles. The topological polar surface area (TPSA) is 23.8 Å². The third-order valence-corrected chi connectivity index (χ3v) is 5.62. The maximum Gasteiger partial charge on any atom is 0.0912 e. The number of hydrogen-bond donors (Lipinski definition) is 0. The van der Waals surface area contributed by atoms with Crippen molar-refractivity contribution in [1.29, 1.82) is 5.26 Å². The highest BCUT2D eigenvalue weighted by Crippen LogP contribution is 2.42. The Morgan fingerprint density at radius 1 is 0.900 bits per heavy atom. The molecule has 1 heteroatoms. The van der Waals surface area contributed by atoms with Crippen molar-refractivity contribution in [2.24, 2.45) is 23.7 Å². The average Bonchev–Trinajstić information content (AvgIpc) is 2.52. The predicted octanol–water partition coefficient (Wildman–Crippen LogP) is 5.65. The molecule has 0 aromatic carbocycles. The van der Waals surface area contributed by atoms with Gasteiger partial charge in [-0.25, -0.2) is 0 Å². The van der Waals surface area contributed by atoms with Gasteiger partial charge in [-0.05, 0) is 62.2 Å². The van der Waals surface area contributed by atoms with Crippen molar-refractivity contribution in [3.8, 4) is 6.07 Å². The normalized spacial score (nSPS) is 35.4. The first-order valence-corrected chi connectivity index (χ1v) is 8.56. The molecular formula is C19H29N.